The van der Waals surface area contributed by atoms with Gasteiger partial charge in [0.25, 0.3) is 11.1 Å². The van der Waals surface area contributed by atoms with Gasteiger partial charge in [0.15, 0.2) is 0 Å². The van der Waals surface area contributed by atoms with Gasteiger partial charge in [0, 0.05) is 23.5 Å². The Morgan fingerprint density at radius 2 is 2.07 bits per heavy atom. The molecule has 4 rings (SSSR count). The number of carbonyl (C=O) groups excluding carboxylic acids is 1. The van der Waals surface area contributed by atoms with Crippen LogP contribution in [0.25, 0.3) is 11.1 Å². The molecule has 0 unspecified atom stereocenters. The zero-order valence-electron chi connectivity index (χ0n) is 14.7. The Morgan fingerprint density at radius 1 is 1.22 bits per heavy atom. The van der Waals surface area contributed by atoms with Crippen molar-refractivity contribution in [2.45, 2.75) is 12.8 Å². The number of carbonyl (C=O) groups is 1. The SMILES string of the molecule is COc1ccccc1-c1ccncc1C(=O)Nc1nnc(OCC2CC2)s1. The number of amides is 1. The summed E-state index contributed by atoms with van der Waals surface area (Å²) < 4.78 is 11.0. The molecule has 0 atom stereocenters. The van der Waals surface area contributed by atoms with Crippen molar-refractivity contribution < 1.29 is 14.3 Å². The molecule has 1 saturated carbocycles. The monoisotopic (exact) mass is 382 g/mol. The molecule has 0 bridgehead atoms. The third-order valence-electron chi connectivity index (χ3n) is 4.23. The summed E-state index contributed by atoms with van der Waals surface area (Å²) in [5.74, 6) is 1.00. The van der Waals surface area contributed by atoms with Crippen molar-refractivity contribution >= 4 is 22.4 Å². The summed E-state index contributed by atoms with van der Waals surface area (Å²) in [5, 5.41) is 11.6. The zero-order chi connectivity index (χ0) is 18.6. The lowest BCUT2D eigenvalue weighted by molar-refractivity contribution is 0.102. The molecule has 1 aliphatic rings. The van der Waals surface area contributed by atoms with Crippen molar-refractivity contribution in [3.63, 3.8) is 0 Å². The number of rotatable bonds is 7. The van der Waals surface area contributed by atoms with E-state index in [2.05, 4.69) is 20.5 Å². The van der Waals surface area contributed by atoms with E-state index in [1.165, 1.54) is 30.4 Å². The molecule has 1 aliphatic carbocycles. The van der Waals surface area contributed by atoms with E-state index in [1.54, 1.807) is 19.4 Å². The van der Waals surface area contributed by atoms with Gasteiger partial charge in [-0.3, -0.25) is 15.1 Å². The van der Waals surface area contributed by atoms with Crippen LogP contribution in [-0.2, 0) is 0 Å². The number of nitrogens with zero attached hydrogens (tertiary/aromatic N) is 3. The predicted octanol–water partition coefficient (Wildman–Crippen LogP) is 3.65. The lowest BCUT2D eigenvalue weighted by Gasteiger charge is -2.11. The van der Waals surface area contributed by atoms with Crippen LogP contribution in [0.2, 0.25) is 0 Å². The Morgan fingerprint density at radius 3 is 2.89 bits per heavy atom. The van der Waals surface area contributed by atoms with E-state index in [1.807, 2.05) is 24.3 Å². The minimum atomic E-state index is -0.311. The lowest BCUT2D eigenvalue weighted by atomic mass is 10.0. The number of hydrogen-bond donors (Lipinski definition) is 1. The summed E-state index contributed by atoms with van der Waals surface area (Å²) in [4.78, 5) is 16.9. The van der Waals surface area contributed by atoms with Gasteiger partial charge in [0.05, 0.1) is 19.3 Å². The standard InChI is InChI=1S/C19H18N4O3S/c1-25-16-5-3-2-4-14(16)13-8-9-20-10-15(13)17(24)21-18-22-23-19(27-18)26-11-12-6-7-12/h2-5,8-10,12H,6-7,11H2,1H3,(H,21,22,24). The number of benzene rings is 1. The van der Waals surface area contributed by atoms with E-state index in [4.69, 9.17) is 9.47 Å². The molecule has 1 fully saturated rings. The highest BCUT2D eigenvalue weighted by Crippen LogP contribution is 2.33. The maximum Gasteiger partial charge on any atom is 0.295 e. The second-order valence-corrected chi connectivity index (χ2v) is 7.14. The van der Waals surface area contributed by atoms with Gasteiger partial charge < -0.3 is 9.47 Å². The highest BCUT2D eigenvalue weighted by molar-refractivity contribution is 7.17. The molecule has 1 N–H and O–H groups in total. The fourth-order valence-corrected chi connectivity index (χ4v) is 3.23. The quantitative estimate of drug-likeness (QED) is 0.671. The first kappa shape index (κ1) is 17.4. The number of aromatic nitrogens is 3. The van der Waals surface area contributed by atoms with Crippen LogP contribution in [0.4, 0.5) is 5.13 Å². The van der Waals surface area contributed by atoms with Crippen LogP contribution in [0.15, 0.2) is 42.7 Å². The maximum absolute atomic E-state index is 12.8. The minimum Gasteiger partial charge on any atom is -0.496 e. The van der Waals surface area contributed by atoms with Crippen LogP contribution < -0.4 is 14.8 Å². The number of para-hydroxylation sites is 1. The largest absolute Gasteiger partial charge is 0.496 e. The van der Waals surface area contributed by atoms with Crippen LogP contribution in [0, 0.1) is 5.92 Å². The number of nitrogens with one attached hydrogen (secondary N) is 1. The number of methoxy groups -OCH3 is 1. The molecule has 2 aromatic heterocycles. The van der Waals surface area contributed by atoms with E-state index >= 15 is 0 Å². The molecule has 8 heteroatoms. The van der Waals surface area contributed by atoms with E-state index in [0.29, 0.717) is 34.2 Å². The molecule has 27 heavy (non-hydrogen) atoms. The Hall–Kier alpha value is -3.00. The van der Waals surface area contributed by atoms with Gasteiger partial charge >= 0.3 is 0 Å². The summed E-state index contributed by atoms with van der Waals surface area (Å²) in [5.41, 5.74) is 1.98. The minimum absolute atomic E-state index is 0.311. The smallest absolute Gasteiger partial charge is 0.295 e. The molecule has 0 spiro atoms. The van der Waals surface area contributed by atoms with Gasteiger partial charge in [-0.2, -0.15) is 0 Å². The fourth-order valence-electron chi connectivity index (χ4n) is 2.63. The number of anilines is 1. The first-order valence-electron chi connectivity index (χ1n) is 8.59. The molecule has 138 valence electrons. The first-order chi connectivity index (χ1) is 13.2. The topological polar surface area (TPSA) is 86.2 Å². The average molecular weight is 382 g/mol. The van der Waals surface area contributed by atoms with E-state index in [9.17, 15) is 4.79 Å². The average Bonchev–Trinajstić information content (AvgIpc) is 3.44. The predicted molar refractivity (Wildman–Crippen MR) is 102 cm³/mol. The highest BCUT2D eigenvalue weighted by atomic mass is 32.1. The zero-order valence-corrected chi connectivity index (χ0v) is 15.5. The van der Waals surface area contributed by atoms with E-state index < -0.39 is 0 Å². The molecule has 0 aliphatic heterocycles. The second kappa shape index (κ2) is 7.71. The molecule has 7 nitrogen and oxygen atoms in total. The molecule has 2 heterocycles. The molecular formula is C19H18N4O3S. The van der Waals surface area contributed by atoms with Crippen molar-refractivity contribution in [3.05, 3.63) is 48.3 Å². The number of hydrogen-bond acceptors (Lipinski definition) is 7. The van der Waals surface area contributed by atoms with Gasteiger partial charge in [-0.15, -0.1) is 5.10 Å². The molecule has 1 aromatic carbocycles. The van der Waals surface area contributed by atoms with Gasteiger partial charge in [-0.25, -0.2) is 0 Å². The maximum atomic E-state index is 12.8. The summed E-state index contributed by atoms with van der Waals surface area (Å²) >= 11 is 1.21. The normalized spacial score (nSPS) is 13.2. The van der Waals surface area contributed by atoms with Gasteiger partial charge in [0.2, 0.25) is 5.13 Å². The number of ether oxygens (including phenoxy) is 2. The van der Waals surface area contributed by atoms with Crippen LogP contribution >= 0.6 is 11.3 Å². The third-order valence-corrected chi connectivity index (χ3v) is 4.98. The Balaban J connectivity index is 1.54. The summed E-state index contributed by atoms with van der Waals surface area (Å²) in [6.07, 6.45) is 5.58. The second-order valence-electron chi connectivity index (χ2n) is 6.20. The van der Waals surface area contributed by atoms with Crippen molar-refractivity contribution in [2.24, 2.45) is 5.92 Å². The van der Waals surface area contributed by atoms with Crippen molar-refractivity contribution in [2.75, 3.05) is 19.0 Å². The van der Waals surface area contributed by atoms with Gasteiger partial charge in [-0.05, 0) is 42.2 Å². The first-order valence-corrected chi connectivity index (χ1v) is 9.41. The lowest BCUT2D eigenvalue weighted by Crippen LogP contribution is -2.13. The summed E-state index contributed by atoms with van der Waals surface area (Å²) in [6.45, 7) is 0.656. The van der Waals surface area contributed by atoms with Crippen LogP contribution in [-0.4, -0.2) is 34.8 Å². The van der Waals surface area contributed by atoms with E-state index in [0.717, 1.165) is 11.1 Å². The Bertz CT molecular complexity index is 955. The van der Waals surface area contributed by atoms with E-state index in [-0.39, 0.29) is 5.91 Å². The highest BCUT2D eigenvalue weighted by Gasteiger charge is 2.23. The summed E-state index contributed by atoms with van der Waals surface area (Å²) in [6, 6.07) is 9.32. The molecule has 0 saturated heterocycles. The van der Waals surface area contributed by atoms with Crippen molar-refractivity contribution in [1.82, 2.24) is 15.2 Å². The molecular weight excluding hydrogens is 364 g/mol. The van der Waals surface area contributed by atoms with Gasteiger partial charge in [0.1, 0.15) is 5.75 Å². The Kier molecular flexibility index (Phi) is 4.97. The number of pyridine rings is 1. The van der Waals surface area contributed by atoms with Crippen LogP contribution in [0.1, 0.15) is 23.2 Å². The fraction of sp³-hybridized carbons (Fsp3) is 0.263. The molecule has 1 amide bonds. The van der Waals surface area contributed by atoms with Gasteiger partial charge in [-0.1, -0.05) is 23.3 Å². The molecule has 0 radical (unpaired) electrons. The Labute approximate surface area is 160 Å². The summed E-state index contributed by atoms with van der Waals surface area (Å²) in [7, 11) is 1.60. The van der Waals surface area contributed by atoms with Crippen LogP contribution in [0.3, 0.4) is 0 Å². The molecule has 3 aromatic rings. The van der Waals surface area contributed by atoms with Crippen molar-refractivity contribution in [1.29, 1.82) is 0 Å². The van der Waals surface area contributed by atoms with Crippen molar-refractivity contribution in [3.8, 4) is 22.1 Å². The third kappa shape index (κ3) is 4.06. The van der Waals surface area contributed by atoms with Crippen LogP contribution in [0.5, 0.6) is 10.9 Å².